The van der Waals surface area contributed by atoms with Gasteiger partial charge in [0.25, 0.3) is 10.0 Å². The molecule has 0 bridgehead atoms. The van der Waals surface area contributed by atoms with E-state index in [1.807, 2.05) is 34.9 Å². The summed E-state index contributed by atoms with van der Waals surface area (Å²) in [6, 6.07) is 22.4. The van der Waals surface area contributed by atoms with Gasteiger partial charge in [-0.25, -0.2) is 18.4 Å². The number of allylic oxidation sites excluding steroid dienone is 1. The molecule has 6 rings (SSSR count). The van der Waals surface area contributed by atoms with Gasteiger partial charge in [0, 0.05) is 43.0 Å². The molecule has 2 aliphatic heterocycles. The van der Waals surface area contributed by atoms with Crippen LogP contribution in [0.1, 0.15) is 17.9 Å². The zero-order valence-electron chi connectivity index (χ0n) is 22.0. The largest absolute Gasteiger partial charge is 0.480 e. The number of rotatable bonds is 7. The van der Waals surface area contributed by atoms with E-state index in [0.717, 1.165) is 54.3 Å². The van der Waals surface area contributed by atoms with Gasteiger partial charge in [-0.05, 0) is 54.1 Å². The van der Waals surface area contributed by atoms with Crippen molar-refractivity contribution in [3.8, 4) is 5.69 Å². The zero-order chi connectivity index (χ0) is 27.7. The summed E-state index contributed by atoms with van der Waals surface area (Å²) >= 11 is 0. The lowest BCUT2D eigenvalue weighted by atomic mass is 9.93. The lowest BCUT2D eigenvalue weighted by Gasteiger charge is -2.29. The van der Waals surface area contributed by atoms with Crippen molar-refractivity contribution in [3.63, 3.8) is 0 Å². The quantitative estimate of drug-likeness (QED) is 0.354. The molecule has 0 aliphatic carbocycles. The minimum absolute atomic E-state index is 0.171. The van der Waals surface area contributed by atoms with E-state index in [1.54, 1.807) is 36.5 Å². The van der Waals surface area contributed by atoms with Crippen LogP contribution >= 0.6 is 0 Å². The molecule has 0 radical (unpaired) electrons. The number of nitrogen functional groups attached to an aromatic ring is 1. The van der Waals surface area contributed by atoms with Gasteiger partial charge in [-0.3, -0.25) is 9.29 Å². The van der Waals surface area contributed by atoms with Crippen LogP contribution in [0.2, 0.25) is 0 Å². The van der Waals surface area contributed by atoms with Gasteiger partial charge in [-0.1, -0.05) is 24.3 Å². The van der Waals surface area contributed by atoms with Crippen LogP contribution in [-0.4, -0.2) is 57.6 Å². The summed E-state index contributed by atoms with van der Waals surface area (Å²) in [6.45, 7) is 3.18. The lowest BCUT2D eigenvalue weighted by molar-refractivity contribution is 0.122. The molecule has 1 unspecified atom stereocenters. The van der Waals surface area contributed by atoms with Crippen molar-refractivity contribution in [2.24, 2.45) is 4.99 Å². The third kappa shape index (κ3) is 5.01. The van der Waals surface area contributed by atoms with Crippen LogP contribution in [0.3, 0.4) is 0 Å². The number of morpholine rings is 1. The minimum atomic E-state index is -3.80. The highest BCUT2D eigenvalue weighted by Gasteiger charge is 2.25. The van der Waals surface area contributed by atoms with Crippen molar-refractivity contribution in [2.45, 2.75) is 17.2 Å². The van der Waals surface area contributed by atoms with Crippen LogP contribution in [0.15, 0.2) is 94.3 Å². The summed E-state index contributed by atoms with van der Waals surface area (Å²) in [6.07, 6.45) is 2.14. The summed E-state index contributed by atoms with van der Waals surface area (Å²) in [5.41, 5.74) is 11.4. The first-order valence-corrected chi connectivity index (χ1v) is 14.5. The first kappa shape index (κ1) is 25.9. The third-order valence-electron chi connectivity index (χ3n) is 7.18. The zero-order valence-corrected chi connectivity index (χ0v) is 22.8. The Balaban J connectivity index is 1.29. The average Bonchev–Trinajstić information content (AvgIpc) is 3.32. The molecule has 2 aliphatic rings. The maximum atomic E-state index is 13.0. The van der Waals surface area contributed by atoms with Crippen LogP contribution in [0.25, 0.3) is 16.7 Å². The number of nitrogens with two attached hydrogens (primary N) is 1. The Labute approximate surface area is 232 Å². The van der Waals surface area contributed by atoms with Gasteiger partial charge < -0.3 is 20.1 Å². The van der Waals surface area contributed by atoms with E-state index in [-0.39, 0.29) is 16.7 Å². The number of nitrogens with zero attached hydrogens (tertiary/aromatic N) is 4. The van der Waals surface area contributed by atoms with E-state index in [1.165, 1.54) is 7.11 Å². The molecule has 3 heterocycles. The molecule has 3 aromatic carbocycles. The van der Waals surface area contributed by atoms with Gasteiger partial charge in [-0.15, -0.1) is 0 Å². The predicted octanol–water partition coefficient (Wildman–Crippen LogP) is 3.80. The fourth-order valence-corrected chi connectivity index (χ4v) is 6.26. The van der Waals surface area contributed by atoms with Crippen LogP contribution in [0.5, 0.6) is 0 Å². The fourth-order valence-electron chi connectivity index (χ4n) is 5.13. The Kier molecular flexibility index (Phi) is 6.91. The highest BCUT2D eigenvalue weighted by atomic mass is 32.2. The van der Waals surface area contributed by atoms with Gasteiger partial charge in [0.05, 0.1) is 41.9 Å². The topological polar surface area (TPSA) is 124 Å². The lowest BCUT2D eigenvalue weighted by Crippen LogP contribution is -2.36. The minimum Gasteiger partial charge on any atom is -0.480 e. The van der Waals surface area contributed by atoms with Gasteiger partial charge >= 0.3 is 0 Å². The Bertz CT molecular complexity index is 1690. The highest BCUT2D eigenvalue weighted by Crippen LogP contribution is 2.32. The number of benzene rings is 3. The fraction of sp³-hybridized carbons (Fsp3) is 0.241. The van der Waals surface area contributed by atoms with Crippen molar-refractivity contribution in [3.05, 3.63) is 89.9 Å². The number of nitrogens with one attached hydrogen (secondary N) is 1. The van der Waals surface area contributed by atoms with E-state index >= 15 is 0 Å². The molecule has 1 fully saturated rings. The number of ether oxygens (including phenoxy) is 2. The Hall–Kier alpha value is -4.35. The summed E-state index contributed by atoms with van der Waals surface area (Å²) < 4.78 is 41.5. The van der Waals surface area contributed by atoms with Crippen molar-refractivity contribution >= 4 is 38.9 Å². The predicted molar refractivity (Wildman–Crippen MR) is 155 cm³/mol. The maximum Gasteiger partial charge on any atom is 0.261 e. The SMILES string of the molecule is COC1=C(NS(=O)(=O)c2ccccc2)CC(c2ccc3nc(N)n(-c4ccc(N5CCOCC5)cc4)c3c2)C=N1. The molecule has 1 saturated heterocycles. The third-order valence-corrected chi connectivity index (χ3v) is 8.58. The second-order valence-electron chi connectivity index (χ2n) is 9.66. The van der Waals surface area contributed by atoms with Crippen molar-refractivity contribution in [1.82, 2.24) is 14.3 Å². The number of aromatic nitrogens is 2. The standard InChI is InChI=1S/C29H30N6O4S/c1-38-28-26(33-40(36,37)24-5-3-2-4-6-24)17-21(19-31-28)20-7-12-25-27(18-20)35(29(30)32-25)23-10-8-22(9-11-23)34-13-15-39-16-14-34/h2-12,18-19,21,33H,13-17H2,1H3,(H2,30,32). The summed E-state index contributed by atoms with van der Waals surface area (Å²) in [5, 5.41) is 0. The van der Waals surface area contributed by atoms with Crippen LogP contribution in [0, 0.1) is 0 Å². The molecule has 0 spiro atoms. The Morgan fingerprint density at radius 1 is 1.00 bits per heavy atom. The molecule has 206 valence electrons. The van der Waals surface area contributed by atoms with E-state index in [2.05, 4.69) is 31.7 Å². The van der Waals surface area contributed by atoms with Gasteiger partial charge in [0.1, 0.15) is 0 Å². The van der Waals surface area contributed by atoms with Crippen LogP contribution < -0.4 is 15.4 Å². The summed E-state index contributed by atoms with van der Waals surface area (Å²) in [7, 11) is -2.32. The Morgan fingerprint density at radius 3 is 2.45 bits per heavy atom. The number of fused-ring (bicyclic) bond motifs is 1. The number of methoxy groups -OCH3 is 1. The van der Waals surface area contributed by atoms with Gasteiger partial charge in [0.15, 0.2) is 0 Å². The molecule has 10 nitrogen and oxygen atoms in total. The summed E-state index contributed by atoms with van der Waals surface area (Å²) in [4.78, 5) is 11.5. The molecular formula is C29H30N6O4S. The molecule has 11 heteroatoms. The average molecular weight is 559 g/mol. The van der Waals surface area contributed by atoms with Gasteiger partial charge in [0.2, 0.25) is 11.8 Å². The van der Waals surface area contributed by atoms with Crippen molar-refractivity contribution in [1.29, 1.82) is 0 Å². The second kappa shape index (κ2) is 10.7. The molecule has 1 aromatic heterocycles. The summed E-state index contributed by atoms with van der Waals surface area (Å²) in [5.74, 6) is 0.443. The Morgan fingerprint density at radius 2 is 1.73 bits per heavy atom. The molecular weight excluding hydrogens is 528 g/mol. The maximum absolute atomic E-state index is 13.0. The van der Waals surface area contributed by atoms with E-state index < -0.39 is 10.0 Å². The number of hydrogen-bond donors (Lipinski definition) is 2. The first-order valence-electron chi connectivity index (χ1n) is 13.0. The number of anilines is 2. The monoisotopic (exact) mass is 558 g/mol. The second-order valence-corrected chi connectivity index (χ2v) is 11.3. The molecule has 1 atom stereocenters. The number of aliphatic imine (C=N–C) groups is 1. The van der Waals surface area contributed by atoms with Crippen LogP contribution in [0.4, 0.5) is 11.6 Å². The normalized spacial score (nSPS) is 17.8. The smallest absolute Gasteiger partial charge is 0.261 e. The number of sulfonamides is 1. The van der Waals surface area contributed by atoms with Crippen molar-refractivity contribution < 1.29 is 17.9 Å². The molecule has 4 aromatic rings. The molecule has 0 saturated carbocycles. The number of imidazole rings is 1. The van der Waals surface area contributed by atoms with Crippen LogP contribution in [-0.2, 0) is 19.5 Å². The molecule has 0 amide bonds. The molecule has 3 N–H and O–H groups in total. The molecule has 40 heavy (non-hydrogen) atoms. The first-order chi connectivity index (χ1) is 19.4. The van der Waals surface area contributed by atoms with E-state index in [4.69, 9.17) is 15.2 Å². The van der Waals surface area contributed by atoms with E-state index in [9.17, 15) is 8.42 Å². The van der Waals surface area contributed by atoms with E-state index in [0.29, 0.717) is 18.1 Å². The van der Waals surface area contributed by atoms with Gasteiger partial charge in [-0.2, -0.15) is 0 Å². The number of hydrogen-bond acceptors (Lipinski definition) is 8. The van der Waals surface area contributed by atoms with Crippen molar-refractivity contribution in [2.75, 3.05) is 44.0 Å². The highest BCUT2D eigenvalue weighted by molar-refractivity contribution is 7.89.